The lowest BCUT2D eigenvalue weighted by Crippen LogP contribution is -2.35. The molecule has 0 aliphatic heterocycles. The Morgan fingerprint density at radius 2 is 2.11 bits per heavy atom. The second kappa shape index (κ2) is 8.16. The second-order valence-electron chi connectivity index (χ2n) is 6.87. The number of anilines is 1. The Balaban J connectivity index is 1.68. The molecule has 2 aromatic heterocycles. The van der Waals surface area contributed by atoms with Gasteiger partial charge in [0, 0.05) is 25.3 Å². The minimum Gasteiger partial charge on any atom is -0.370 e. The molecular weight excluding hydrogens is 340 g/mol. The van der Waals surface area contributed by atoms with Gasteiger partial charge in [0.25, 0.3) is 11.7 Å². The van der Waals surface area contributed by atoms with Crippen molar-refractivity contribution in [3.05, 3.63) is 53.6 Å². The third-order valence-electron chi connectivity index (χ3n) is 4.52. The van der Waals surface area contributed by atoms with Crippen molar-refractivity contribution in [3.63, 3.8) is 0 Å². The summed E-state index contributed by atoms with van der Waals surface area (Å²) in [6.45, 7) is 10.4. The van der Waals surface area contributed by atoms with Crippen molar-refractivity contribution < 1.29 is 4.79 Å². The summed E-state index contributed by atoms with van der Waals surface area (Å²) < 4.78 is 1.68. The first-order chi connectivity index (χ1) is 13.0. The molecule has 0 aliphatic carbocycles. The molecule has 1 amide bonds. The Bertz CT molecular complexity index is 933. The minimum atomic E-state index is -0.192. The van der Waals surface area contributed by atoms with Crippen molar-refractivity contribution in [3.8, 4) is 0 Å². The maximum Gasteiger partial charge on any atom is 0.270 e. The molecule has 3 aromatic rings. The molecule has 0 spiro atoms. The van der Waals surface area contributed by atoms with Crippen LogP contribution in [0.5, 0.6) is 0 Å². The second-order valence-corrected chi connectivity index (χ2v) is 6.87. The first-order valence-electron chi connectivity index (χ1n) is 9.30. The summed E-state index contributed by atoms with van der Waals surface area (Å²) in [5.74, 6) is 0.463. The van der Waals surface area contributed by atoms with Crippen LogP contribution in [0.15, 0.2) is 36.7 Å². The summed E-state index contributed by atoms with van der Waals surface area (Å²) in [6.07, 6.45) is 1.46. The van der Waals surface area contributed by atoms with Crippen LogP contribution in [0.4, 0.5) is 5.69 Å². The highest BCUT2D eigenvalue weighted by Crippen LogP contribution is 2.16. The number of aryl methyl sites for hydroxylation is 1. The van der Waals surface area contributed by atoms with Crippen LogP contribution in [0.2, 0.25) is 0 Å². The van der Waals surface area contributed by atoms with Gasteiger partial charge in [0.05, 0.1) is 5.69 Å². The number of nitrogens with one attached hydrogen (secondary N) is 1. The van der Waals surface area contributed by atoms with Crippen LogP contribution in [0.25, 0.3) is 5.78 Å². The van der Waals surface area contributed by atoms with Gasteiger partial charge in [-0.15, -0.1) is 0 Å². The first kappa shape index (κ1) is 18.8. The number of amides is 1. The summed E-state index contributed by atoms with van der Waals surface area (Å²) in [6, 6.07) is 10.2. The van der Waals surface area contributed by atoms with E-state index in [0.717, 1.165) is 24.5 Å². The molecule has 0 unspecified atom stereocenters. The normalized spacial score (nSPS) is 11.1. The van der Waals surface area contributed by atoms with Gasteiger partial charge < -0.3 is 10.2 Å². The number of likely N-dealkylation sites (N-methyl/N-ethyl adjacent to an activating group) is 1. The van der Waals surface area contributed by atoms with Gasteiger partial charge in [-0.2, -0.15) is 10.1 Å². The van der Waals surface area contributed by atoms with Gasteiger partial charge in [0.15, 0.2) is 0 Å². The van der Waals surface area contributed by atoms with Gasteiger partial charge in [-0.05, 0) is 43.5 Å². The van der Waals surface area contributed by atoms with Crippen LogP contribution < -0.4 is 10.2 Å². The molecule has 0 fully saturated rings. The number of fused-ring (bicyclic) bond motifs is 1. The number of hydrogen-bond acceptors (Lipinski definition) is 5. The van der Waals surface area contributed by atoms with Crippen molar-refractivity contribution in [2.75, 3.05) is 24.5 Å². The standard InChI is InChI=1S/C20H26N6O/c1-5-25(16-8-6-7-15(4)11-16)10-9-21-19(27)17-12-18(14(2)3)26-20(24-17)22-13-23-26/h6-8,11-14H,5,9-10H2,1-4H3,(H,21,27). The molecule has 3 rings (SSSR count). The fourth-order valence-corrected chi connectivity index (χ4v) is 3.05. The molecule has 7 heteroatoms. The molecule has 1 aromatic carbocycles. The Hall–Kier alpha value is -2.96. The third-order valence-corrected chi connectivity index (χ3v) is 4.52. The summed E-state index contributed by atoms with van der Waals surface area (Å²) >= 11 is 0. The SMILES string of the molecule is CCN(CCNC(=O)c1cc(C(C)C)n2ncnc2n1)c1cccc(C)c1. The predicted octanol–water partition coefficient (Wildman–Crippen LogP) is 2.81. The fourth-order valence-electron chi connectivity index (χ4n) is 3.05. The molecule has 0 radical (unpaired) electrons. The summed E-state index contributed by atoms with van der Waals surface area (Å²) in [4.78, 5) is 23.3. The van der Waals surface area contributed by atoms with Gasteiger partial charge in [0.2, 0.25) is 0 Å². The minimum absolute atomic E-state index is 0.192. The zero-order valence-electron chi connectivity index (χ0n) is 16.3. The largest absolute Gasteiger partial charge is 0.370 e. The molecule has 0 saturated heterocycles. The van der Waals surface area contributed by atoms with Gasteiger partial charge in [-0.1, -0.05) is 26.0 Å². The average molecular weight is 366 g/mol. The number of aromatic nitrogens is 4. The molecule has 142 valence electrons. The number of nitrogens with zero attached hydrogens (tertiary/aromatic N) is 5. The average Bonchev–Trinajstić information content (AvgIpc) is 3.12. The summed E-state index contributed by atoms with van der Waals surface area (Å²) in [5, 5.41) is 7.15. The highest BCUT2D eigenvalue weighted by molar-refractivity contribution is 5.92. The molecule has 0 saturated carbocycles. The zero-order chi connectivity index (χ0) is 19.4. The zero-order valence-corrected chi connectivity index (χ0v) is 16.3. The Kier molecular flexibility index (Phi) is 5.69. The van der Waals surface area contributed by atoms with E-state index < -0.39 is 0 Å². The van der Waals surface area contributed by atoms with Crippen LogP contribution in [0.1, 0.15) is 48.4 Å². The van der Waals surface area contributed by atoms with Crippen LogP contribution in [-0.4, -0.2) is 45.1 Å². The Labute approximate surface area is 159 Å². The molecule has 27 heavy (non-hydrogen) atoms. The smallest absolute Gasteiger partial charge is 0.270 e. The number of rotatable bonds is 7. The maximum absolute atomic E-state index is 12.6. The van der Waals surface area contributed by atoms with Gasteiger partial charge >= 0.3 is 0 Å². The van der Waals surface area contributed by atoms with Crippen LogP contribution in [-0.2, 0) is 0 Å². The lowest BCUT2D eigenvalue weighted by Gasteiger charge is -2.23. The molecule has 0 aliphatic rings. The summed E-state index contributed by atoms with van der Waals surface area (Å²) in [5.41, 5.74) is 3.68. The summed E-state index contributed by atoms with van der Waals surface area (Å²) in [7, 11) is 0. The van der Waals surface area contributed by atoms with Crippen molar-refractivity contribution >= 4 is 17.4 Å². The van der Waals surface area contributed by atoms with Crippen molar-refractivity contribution in [2.45, 2.75) is 33.6 Å². The highest BCUT2D eigenvalue weighted by atomic mass is 16.1. The highest BCUT2D eigenvalue weighted by Gasteiger charge is 2.15. The van der Waals surface area contributed by atoms with E-state index in [1.807, 2.05) is 0 Å². The predicted molar refractivity (Wildman–Crippen MR) is 106 cm³/mol. The van der Waals surface area contributed by atoms with E-state index in [0.29, 0.717) is 18.0 Å². The van der Waals surface area contributed by atoms with E-state index in [1.54, 1.807) is 10.6 Å². The van der Waals surface area contributed by atoms with Gasteiger partial charge in [-0.25, -0.2) is 9.50 Å². The molecule has 1 N–H and O–H groups in total. The third kappa shape index (κ3) is 4.24. The van der Waals surface area contributed by atoms with Crippen LogP contribution in [0, 0.1) is 6.92 Å². The lowest BCUT2D eigenvalue weighted by atomic mass is 10.1. The number of hydrogen-bond donors (Lipinski definition) is 1. The topological polar surface area (TPSA) is 75.4 Å². The van der Waals surface area contributed by atoms with Crippen LogP contribution in [0.3, 0.4) is 0 Å². The van der Waals surface area contributed by atoms with E-state index in [-0.39, 0.29) is 11.8 Å². The van der Waals surface area contributed by atoms with E-state index in [4.69, 9.17) is 0 Å². The van der Waals surface area contributed by atoms with Crippen LogP contribution >= 0.6 is 0 Å². The first-order valence-corrected chi connectivity index (χ1v) is 9.30. The van der Waals surface area contributed by atoms with Crippen molar-refractivity contribution in [2.24, 2.45) is 0 Å². The van der Waals surface area contributed by atoms with Gasteiger partial charge in [-0.3, -0.25) is 4.79 Å². The molecule has 7 nitrogen and oxygen atoms in total. The fraction of sp³-hybridized carbons (Fsp3) is 0.400. The number of carbonyl (C=O) groups excluding carboxylic acids is 1. The monoisotopic (exact) mass is 366 g/mol. The molecule has 0 bridgehead atoms. The van der Waals surface area contributed by atoms with E-state index >= 15 is 0 Å². The van der Waals surface area contributed by atoms with Gasteiger partial charge in [0.1, 0.15) is 12.0 Å². The number of carbonyl (C=O) groups is 1. The van der Waals surface area contributed by atoms with E-state index in [1.165, 1.54) is 11.9 Å². The Morgan fingerprint density at radius 1 is 1.30 bits per heavy atom. The lowest BCUT2D eigenvalue weighted by molar-refractivity contribution is 0.0949. The molecule has 2 heterocycles. The molecular formula is C20H26N6O. The Morgan fingerprint density at radius 3 is 2.81 bits per heavy atom. The quantitative estimate of drug-likeness (QED) is 0.696. The molecule has 0 atom stereocenters. The number of benzene rings is 1. The van der Waals surface area contributed by atoms with E-state index in [2.05, 4.69) is 77.2 Å². The van der Waals surface area contributed by atoms with Crippen molar-refractivity contribution in [1.82, 2.24) is 24.9 Å². The van der Waals surface area contributed by atoms with Crippen molar-refractivity contribution in [1.29, 1.82) is 0 Å². The maximum atomic E-state index is 12.6. The van der Waals surface area contributed by atoms with E-state index in [9.17, 15) is 4.79 Å².